The van der Waals surface area contributed by atoms with Crippen molar-refractivity contribution in [2.75, 3.05) is 11.9 Å². The molecule has 0 saturated heterocycles. The van der Waals surface area contributed by atoms with E-state index in [1.54, 1.807) is 0 Å². The smallest absolute Gasteiger partial charge is 0.326 e. The van der Waals surface area contributed by atoms with E-state index in [1.807, 2.05) is 0 Å². The summed E-state index contributed by atoms with van der Waals surface area (Å²) in [4.78, 5) is 40.8. The van der Waals surface area contributed by atoms with E-state index in [0.29, 0.717) is 12.1 Å². The number of amides is 2. The van der Waals surface area contributed by atoms with Gasteiger partial charge >= 0.3 is 5.97 Å². The number of aliphatic carboxylic acids is 1. The molecule has 0 aliphatic rings. The molecule has 1 atom stereocenters. The number of aromatic amines is 1. The summed E-state index contributed by atoms with van der Waals surface area (Å²) in [5.74, 6) is -1.67. The SMILES string of the molecule is O=C(CCCBr)NCCC(=O)N[C@@H](Cc1cnc[nH]1)C(=O)O. The molecule has 4 N–H and O–H groups in total. The highest BCUT2D eigenvalue weighted by atomic mass is 79.9. The molecule has 0 fully saturated rings. The third-order valence-electron chi connectivity index (χ3n) is 2.82. The van der Waals surface area contributed by atoms with Crippen molar-refractivity contribution in [3.05, 3.63) is 18.2 Å². The second kappa shape index (κ2) is 9.93. The van der Waals surface area contributed by atoms with Gasteiger partial charge in [-0.2, -0.15) is 0 Å². The molecule has 8 nitrogen and oxygen atoms in total. The van der Waals surface area contributed by atoms with Crippen molar-refractivity contribution in [3.63, 3.8) is 0 Å². The van der Waals surface area contributed by atoms with Crippen LogP contribution in [0.2, 0.25) is 0 Å². The van der Waals surface area contributed by atoms with Crippen LogP contribution in [0.25, 0.3) is 0 Å². The van der Waals surface area contributed by atoms with Gasteiger partial charge in [-0.05, 0) is 6.42 Å². The number of carbonyl (C=O) groups is 3. The monoisotopic (exact) mass is 374 g/mol. The standard InChI is InChI=1S/C13H19BrN4O4/c14-4-1-2-11(19)16-5-3-12(20)18-10(13(21)22)6-9-7-15-8-17-9/h7-8,10H,1-6H2,(H,15,17)(H,16,19)(H,18,20)(H,21,22)/t10-/m0/s1. The zero-order chi connectivity index (χ0) is 16.4. The number of carboxylic acid groups (broad SMARTS) is 1. The lowest BCUT2D eigenvalue weighted by Gasteiger charge is -2.13. The number of nitrogens with one attached hydrogen (secondary N) is 3. The van der Waals surface area contributed by atoms with Crippen molar-refractivity contribution < 1.29 is 19.5 Å². The summed E-state index contributed by atoms with van der Waals surface area (Å²) in [6.45, 7) is 0.184. The molecule has 0 aromatic carbocycles. The summed E-state index contributed by atoms with van der Waals surface area (Å²) in [7, 11) is 0. The number of hydrogen-bond donors (Lipinski definition) is 4. The molecule has 1 aromatic heterocycles. The van der Waals surface area contributed by atoms with Crippen molar-refractivity contribution in [2.24, 2.45) is 0 Å². The fraction of sp³-hybridized carbons (Fsp3) is 0.538. The van der Waals surface area contributed by atoms with Gasteiger partial charge in [0, 0.05) is 43.0 Å². The molecule has 2 amide bonds. The summed E-state index contributed by atoms with van der Waals surface area (Å²) in [6, 6.07) is -1.03. The van der Waals surface area contributed by atoms with Crippen LogP contribution in [0.15, 0.2) is 12.5 Å². The molecule has 22 heavy (non-hydrogen) atoms. The molecule has 9 heteroatoms. The van der Waals surface area contributed by atoms with Crippen molar-refractivity contribution in [1.29, 1.82) is 0 Å². The first-order chi connectivity index (χ1) is 10.5. The fourth-order valence-electron chi connectivity index (χ4n) is 1.71. The average molecular weight is 375 g/mol. The van der Waals surface area contributed by atoms with Gasteiger partial charge in [-0.15, -0.1) is 0 Å². The Bertz CT molecular complexity index is 492. The third-order valence-corrected chi connectivity index (χ3v) is 3.38. The number of alkyl halides is 1. The minimum absolute atomic E-state index is 0.0345. The highest BCUT2D eigenvalue weighted by Crippen LogP contribution is 1.99. The van der Waals surface area contributed by atoms with Crippen molar-refractivity contribution in [3.8, 4) is 0 Å². The number of carbonyl (C=O) groups excluding carboxylic acids is 2. The Balaban J connectivity index is 2.31. The van der Waals surface area contributed by atoms with Gasteiger partial charge in [0.1, 0.15) is 6.04 Å². The van der Waals surface area contributed by atoms with Gasteiger partial charge in [0.05, 0.1) is 6.33 Å². The van der Waals surface area contributed by atoms with E-state index >= 15 is 0 Å². The topological polar surface area (TPSA) is 124 Å². The maximum Gasteiger partial charge on any atom is 0.326 e. The molecule has 0 saturated carbocycles. The number of nitrogens with zero attached hydrogens (tertiary/aromatic N) is 1. The van der Waals surface area contributed by atoms with Gasteiger partial charge < -0.3 is 20.7 Å². The molecule has 0 unspecified atom stereocenters. The van der Waals surface area contributed by atoms with E-state index in [1.165, 1.54) is 12.5 Å². The van der Waals surface area contributed by atoms with E-state index in [4.69, 9.17) is 5.11 Å². The number of hydrogen-bond acceptors (Lipinski definition) is 4. The lowest BCUT2D eigenvalue weighted by atomic mass is 10.1. The third kappa shape index (κ3) is 7.21. The second-order valence-corrected chi connectivity index (χ2v) is 5.42. The summed E-state index contributed by atoms with van der Waals surface area (Å²) < 4.78 is 0. The van der Waals surface area contributed by atoms with Crippen molar-refractivity contribution in [1.82, 2.24) is 20.6 Å². The zero-order valence-corrected chi connectivity index (χ0v) is 13.6. The minimum atomic E-state index is -1.12. The Morgan fingerprint density at radius 1 is 1.32 bits per heavy atom. The lowest BCUT2D eigenvalue weighted by Crippen LogP contribution is -2.43. The van der Waals surface area contributed by atoms with Gasteiger partial charge in [-0.1, -0.05) is 15.9 Å². The average Bonchev–Trinajstić information content (AvgIpc) is 2.97. The normalized spacial score (nSPS) is 11.7. The largest absolute Gasteiger partial charge is 0.480 e. The molecule has 0 aliphatic carbocycles. The van der Waals surface area contributed by atoms with E-state index in [0.717, 1.165) is 11.8 Å². The highest BCUT2D eigenvalue weighted by Gasteiger charge is 2.20. The molecule has 1 heterocycles. The van der Waals surface area contributed by atoms with Crippen LogP contribution in [0.1, 0.15) is 25.0 Å². The number of carboxylic acids is 1. The van der Waals surface area contributed by atoms with Crippen molar-refractivity contribution in [2.45, 2.75) is 31.7 Å². The van der Waals surface area contributed by atoms with Gasteiger partial charge in [-0.25, -0.2) is 9.78 Å². The minimum Gasteiger partial charge on any atom is -0.480 e. The first-order valence-corrected chi connectivity index (χ1v) is 7.97. The number of rotatable bonds is 10. The number of H-pyrrole nitrogens is 1. The first-order valence-electron chi connectivity index (χ1n) is 6.85. The summed E-state index contributed by atoms with van der Waals surface area (Å²) in [5.41, 5.74) is 0.621. The molecule has 1 rings (SSSR count). The van der Waals surface area contributed by atoms with Crippen LogP contribution in [0.5, 0.6) is 0 Å². The molecule has 0 aliphatic heterocycles. The van der Waals surface area contributed by atoms with Crippen LogP contribution < -0.4 is 10.6 Å². The molecule has 1 aromatic rings. The predicted molar refractivity (Wildman–Crippen MR) is 82.5 cm³/mol. The molecule has 0 radical (unpaired) electrons. The highest BCUT2D eigenvalue weighted by molar-refractivity contribution is 9.09. The Kier molecular flexibility index (Phi) is 8.19. The Morgan fingerprint density at radius 2 is 2.09 bits per heavy atom. The number of imidazole rings is 1. The molecular weight excluding hydrogens is 356 g/mol. The fourth-order valence-corrected chi connectivity index (χ4v) is 1.99. The lowest BCUT2D eigenvalue weighted by molar-refractivity contribution is -0.141. The maximum atomic E-state index is 11.7. The first kappa shape index (κ1) is 18.1. The number of halogens is 1. The van der Waals surface area contributed by atoms with Crippen LogP contribution in [0, 0.1) is 0 Å². The Hall–Kier alpha value is -1.90. The summed E-state index contributed by atoms with van der Waals surface area (Å²) >= 11 is 3.23. The van der Waals surface area contributed by atoms with Crippen LogP contribution in [-0.4, -0.2) is 50.8 Å². The van der Waals surface area contributed by atoms with Gasteiger partial charge in [0.25, 0.3) is 0 Å². The predicted octanol–water partition coefficient (Wildman–Crippen LogP) is 0.203. The van der Waals surface area contributed by atoms with Gasteiger partial charge in [0.2, 0.25) is 11.8 Å². The number of aromatic nitrogens is 2. The molecule has 122 valence electrons. The molecular formula is C13H19BrN4O4. The van der Waals surface area contributed by atoms with Crippen LogP contribution in [0.4, 0.5) is 0 Å². The van der Waals surface area contributed by atoms with Crippen LogP contribution >= 0.6 is 15.9 Å². The van der Waals surface area contributed by atoms with E-state index in [2.05, 4.69) is 36.5 Å². The molecule has 0 spiro atoms. The Labute approximate surface area is 136 Å². The summed E-state index contributed by atoms with van der Waals surface area (Å²) in [6.07, 6.45) is 4.23. The summed E-state index contributed by atoms with van der Waals surface area (Å²) in [5, 5.41) is 14.9. The molecule has 0 bridgehead atoms. The van der Waals surface area contributed by atoms with E-state index in [9.17, 15) is 14.4 Å². The second-order valence-electron chi connectivity index (χ2n) is 4.63. The zero-order valence-electron chi connectivity index (χ0n) is 12.0. The van der Waals surface area contributed by atoms with E-state index < -0.39 is 17.9 Å². The maximum absolute atomic E-state index is 11.7. The van der Waals surface area contributed by atoms with Crippen molar-refractivity contribution >= 4 is 33.7 Å². The van der Waals surface area contributed by atoms with Crippen LogP contribution in [-0.2, 0) is 20.8 Å². The Morgan fingerprint density at radius 3 is 2.68 bits per heavy atom. The van der Waals surface area contributed by atoms with E-state index in [-0.39, 0.29) is 25.3 Å². The van der Waals surface area contributed by atoms with Gasteiger partial charge in [0.15, 0.2) is 0 Å². The van der Waals surface area contributed by atoms with Crippen LogP contribution in [0.3, 0.4) is 0 Å². The quantitative estimate of drug-likeness (QED) is 0.435. The van der Waals surface area contributed by atoms with Gasteiger partial charge in [-0.3, -0.25) is 9.59 Å².